The van der Waals surface area contributed by atoms with Gasteiger partial charge >= 0.3 is 0 Å². The quantitative estimate of drug-likeness (QED) is 0.0251. The van der Waals surface area contributed by atoms with Crippen LogP contribution in [0.1, 0.15) is 149 Å². The second-order valence-corrected chi connectivity index (χ2v) is 16.5. The summed E-state index contributed by atoms with van der Waals surface area (Å²) in [5.74, 6) is -0.307. The molecule has 308 valence electrons. The molecular weight excluding hydrogens is 687 g/mol. The first-order valence-corrected chi connectivity index (χ1v) is 22.2. The van der Waals surface area contributed by atoms with Crippen molar-refractivity contribution in [3.63, 3.8) is 0 Å². The fourth-order valence-corrected chi connectivity index (χ4v) is 6.18. The van der Waals surface area contributed by atoms with Gasteiger partial charge in [0.2, 0.25) is 5.91 Å². The van der Waals surface area contributed by atoms with Crippen LogP contribution in [0.25, 0.3) is 0 Å². The summed E-state index contributed by atoms with van der Waals surface area (Å²) in [5.41, 5.74) is 0. The zero-order valence-corrected chi connectivity index (χ0v) is 35.2. The minimum Gasteiger partial charge on any atom is -0.756 e. The third-order valence-corrected chi connectivity index (χ3v) is 9.77. The minimum absolute atomic E-state index is 0.0538. The van der Waals surface area contributed by atoms with Crippen LogP contribution in [-0.2, 0) is 18.4 Å². The van der Waals surface area contributed by atoms with Crippen molar-refractivity contribution in [3.05, 3.63) is 60.8 Å². The highest BCUT2D eigenvalue weighted by atomic mass is 31.2. The Morgan fingerprint density at radius 3 is 1.81 bits per heavy atom. The standard InChI is InChI=1S/C43H79N2O7P/c1-6-8-10-12-14-16-18-20-21-22-23-24-26-28-30-32-34-36-42(47)44-40(39-52-53(49,50)51-38-37-45(3,4)5)43(48)41(46)35-33-31-29-27-25-19-17-15-13-11-9-7-2/h8,10,14-17,20-21,27,29,40-41,43,46,48H,6-7,9,11-13,18-19,22-26,28,30-39H2,1-5H3,(H-,44,47,49,50)/b10-8-,16-14-,17-15+,21-20-,29-27+. The van der Waals surface area contributed by atoms with Crippen molar-refractivity contribution in [3.8, 4) is 0 Å². The van der Waals surface area contributed by atoms with E-state index in [-0.39, 0.29) is 18.9 Å². The number of phosphoric acid groups is 1. The maximum absolute atomic E-state index is 12.9. The second-order valence-electron chi connectivity index (χ2n) is 15.1. The number of aliphatic hydroxyl groups is 2. The van der Waals surface area contributed by atoms with E-state index in [0.29, 0.717) is 30.3 Å². The Hall–Kier alpha value is -1.84. The predicted octanol–water partition coefficient (Wildman–Crippen LogP) is 9.41. The molecule has 10 heteroatoms. The largest absolute Gasteiger partial charge is 0.756 e. The molecule has 1 amide bonds. The van der Waals surface area contributed by atoms with Crippen LogP contribution in [0.15, 0.2) is 60.8 Å². The summed E-state index contributed by atoms with van der Waals surface area (Å²) in [4.78, 5) is 25.3. The van der Waals surface area contributed by atoms with E-state index in [2.05, 4.69) is 79.9 Å². The van der Waals surface area contributed by atoms with Crippen LogP contribution < -0.4 is 10.2 Å². The van der Waals surface area contributed by atoms with Crippen LogP contribution in [0.4, 0.5) is 0 Å². The molecule has 0 bridgehead atoms. The molecule has 0 aliphatic carbocycles. The number of unbranched alkanes of at least 4 members (excludes halogenated alkanes) is 12. The van der Waals surface area contributed by atoms with Gasteiger partial charge in [0.1, 0.15) is 19.3 Å². The van der Waals surface area contributed by atoms with E-state index < -0.39 is 32.7 Å². The molecule has 9 nitrogen and oxygen atoms in total. The van der Waals surface area contributed by atoms with Crippen molar-refractivity contribution in [2.24, 2.45) is 0 Å². The molecule has 4 unspecified atom stereocenters. The topological polar surface area (TPSA) is 128 Å². The van der Waals surface area contributed by atoms with E-state index in [1.54, 1.807) is 0 Å². The summed E-state index contributed by atoms with van der Waals surface area (Å²) in [6.07, 6.45) is 39.7. The normalized spacial score (nSPS) is 15.7. The van der Waals surface area contributed by atoms with Crippen molar-refractivity contribution in [2.75, 3.05) is 40.9 Å². The lowest BCUT2D eigenvalue weighted by Crippen LogP contribution is -2.51. The number of nitrogens with zero attached hydrogens (tertiary/aromatic N) is 1. The number of nitrogens with one attached hydrogen (secondary N) is 1. The number of phosphoric ester groups is 1. The van der Waals surface area contributed by atoms with Gasteiger partial charge in [0, 0.05) is 6.42 Å². The van der Waals surface area contributed by atoms with Gasteiger partial charge in [0.25, 0.3) is 7.82 Å². The molecule has 0 fully saturated rings. The van der Waals surface area contributed by atoms with Gasteiger partial charge in [-0.3, -0.25) is 9.36 Å². The molecule has 0 saturated heterocycles. The molecule has 3 N–H and O–H groups in total. The lowest BCUT2D eigenvalue weighted by molar-refractivity contribution is -0.870. The number of allylic oxidation sites excluding steroid dienone is 10. The van der Waals surface area contributed by atoms with Gasteiger partial charge < -0.3 is 34.0 Å². The number of rotatable bonds is 36. The molecular formula is C43H79N2O7P. The van der Waals surface area contributed by atoms with Gasteiger partial charge in [0.15, 0.2) is 0 Å². The van der Waals surface area contributed by atoms with Crippen molar-refractivity contribution in [1.29, 1.82) is 0 Å². The van der Waals surface area contributed by atoms with Crippen molar-refractivity contribution < 1.29 is 38.0 Å². The molecule has 0 saturated carbocycles. The number of hydrogen-bond acceptors (Lipinski definition) is 7. The number of aliphatic hydroxyl groups excluding tert-OH is 2. The Bertz CT molecular complexity index is 1070. The molecule has 0 spiro atoms. The Morgan fingerprint density at radius 1 is 0.698 bits per heavy atom. The van der Waals surface area contributed by atoms with Crippen LogP contribution in [0.2, 0.25) is 0 Å². The Balaban J connectivity index is 4.62. The van der Waals surface area contributed by atoms with Crippen LogP contribution in [0.3, 0.4) is 0 Å². The Morgan fingerprint density at radius 2 is 1.21 bits per heavy atom. The average Bonchev–Trinajstić information content (AvgIpc) is 3.10. The van der Waals surface area contributed by atoms with Crippen LogP contribution in [0, 0.1) is 0 Å². The summed E-state index contributed by atoms with van der Waals surface area (Å²) in [6.45, 7) is 4.22. The van der Waals surface area contributed by atoms with Gasteiger partial charge in [-0.15, -0.1) is 0 Å². The van der Waals surface area contributed by atoms with Gasteiger partial charge in [-0.25, -0.2) is 0 Å². The monoisotopic (exact) mass is 767 g/mol. The van der Waals surface area contributed by atoms with E-state index in [9.17, 15) is 24.5 Å². The molecule has 0 aliphatic rings. The molecule has 0 aromatic rings. The third-order valence-electron chi connectivity index (χ3n) is 8.81. The number of quaternary nitrogens is 1. The van der Waals surface area contributed by atoms with Gasteiger partial charge in [-0.05, 0) is 83.5 Å². The highest BCUT2D eigenvalue weighted by Crippen LogP contribution is 2.38. The fourth-order valence-electron chi connectivity index (χ4n) is 5.46. The highest BCUT2D eigenvalue weighted by Gasteiger charge is 2.29. The van der Waals surface area contributed by atoms with Crippen molar-refractivity contribution >= 4 is 13.7 Å². The van der Waals surface area contributed by atoms with Gasteiger partial charge in [0.05, 0.1) is 39.9 Å². The first-order chi connectivity index (χ1) is 25.4. The van der Waals surface area contributed by atoms with Crippen molar-refractivity contribution in [1.82, 2.24) is 5.32 Å². The van der Waals surface area contributed by atoms with E-state index in [1.807, 2.05) is 21.1 Å². The lowest BCUT2D eigenvalue weighted by Gasteiger charge is -2.31. The van der Waals surface area contributed by atoms with E-state index in [4.69, 9.17) is 9.05 Å². The first-order valence-electron chi connectivity index (χ1n) is 20.7. The SMILES string of the molecule is CC/C=C\C/C=C\C/C=C\CCCCCCCCCC(=O)NC(COP(=O)([O-])OCC[N+](C)(C)C)C(O)C(O)CCC/C=C/CC/C=C/CCCCC. The maximum atomic E-state index is 12.9. The number of hydrogen-bond donors (Lipinski definition) is 3. The molecule has 0 aromatic heterocycles. The summed E-state index contributed by atoms with van der Waals surface area (Å²) in [7, 11) is 1.08. The summed E-state index contributed by atoms with van der Waals surface area (Å²) < 4.78 is 23.1. The third kappa shape index (κ3) is 35.6. The summed E-state index contributed by atoms with van der Waals surface area (Å²) in [6, 6.07) is -1.10. The minimum atomic E-state index is -4.68. The van der Waals surface area contributed by atoms with Crippen LogP contribution in [0.5, 0.6) is 0 Å². The lowest BCUT2D eigenvalue weighted by atomic mass is 10.0. The summed E-state index contributed by atoms with van der Waals surface area (Å²) >= 11 is 0. The molecule has 0 aromatic carbocycles. The Kier molecular flexibility index (Phi) is 33.4. The number of likely N-dealkylation sites (N-methyl/N-ethyl adjacent to an activating group) is 1. The molecule has 0 radical (unpaired) electrons. The predicted molar refractivity (Wildman–Crippen MR) is 220 cm³/mol. The zero-order valence-electron chi connectivity index (χ0n) is 34.3. The first kappa shape index (κ1) is 51.2. The van der Waals surface area contributed by atoms with E-state index in [1.165, 1.54) is 38.5 Å². The second kappa shape index (κ2) is 34.6. The van der Waals surface area contributed by atoms with Gasteiger partial charge in [-0.2, -0.15) is 0 Å². The molecule has 53 heavy (non-hydrogen) atoms. The van der Waals surface area contributed by atoms with Crippen LogP contribution in [-0.4, -0.2) is 79.8 Å². The highest BCUT2D eigenvalue weighted by molar-refractivity contribution is 7.45. The van der Waals surface area contributed by atoms with E-state index in [0.717, 1.165) is 70.6 Å². The maximum Gasteiger partial charge on any atom is 0.268 e. The number of amides is 1. The van der Waals surface area contributed by atoms with Crippen LogP contribution >= 0.6 is 7.82 Å². The average molecular weight is 767 g/mol. The molecule has 0 heterocycles. The summed E-state index contributed by atoms with van der Waals surface area (Å²) in [5, 5.41) is 24.5. The number of carbonyl (C=O) groups is 1. The zero-order chi connectivity index (χ0) is 39.5. The van der Waals surface area contributed by atoms with Gasteiger partial charge in [-0.1, -0.05) is 120 Å². The smallest absolute Gasteiger partial charge is 0.268 e. The fraction of sp³-hybridized carbons (Fsp3) is 0.744. The number of carbonyl (C=O) groups excluding carboxylic acids is 1. The molecule has 0 aliphatic heterocycles. The molecule has 4 atom stereocenters. The Labute approximate surface area is 324 Å². The molecule has 0 rings (SSSR count). The van der Waals surface area contributed by atoms with Crippen molar-refractivity contribution in [2.45, 2.75) is 167 Å². The van der Waals surface area contributed by atoms with E-state index >= 15 is 0 Å².